The molecule has 1 rings (SSSR count). The highest BCUT2D eigenvalue weighted by Gasteiger charge is 2.28. The Morgan fingerprint density at radius 1 is 1.50 bits per heavy atom. The molecule has 0 heterocycles. The fraction of sp³-hybridized carbons (Fsp3) is 1.00. The van der Waals surface area contributed by atoms with Crippen molar-refractivity contribution in [2.75, 3.05) is 13.7 Å². The zero-order valence-corrected chi connectivity index (χ0v) is 9.55. The average molecular weight is 201 g/mol. The lowest BCUT2D eigenvalue weighted by Crippen LogP contribution is -2.45. The third-order valence-electron chi connectivity index (χ3n) is 3.26. The van der Waals surface area contributed by atoms with Crippen molar-refractivity contribution in [3.8, 4) is 0 Å². The number of nitrogens with one attached hydrogen (secondary N) is 1. The van der Waals surface area contributed by atoms with E-state index in [1.165, 1.54) is 6.42 Å². The van der Waals surface area contributed by atoms with Gasteiger partial charge in [-0.05, 0) is 32.6 Å². The summed E-state index contributed by atoms with van der Waals surface area (Å²) in [6.07, 6.45) is 4.65. The summed E-state index contributed by atoms with van der Waals surface area (Å²) >= 11 is 0. The summed E-state index contributed by atoms with van der Waals surface area (Å²) in [5.74, 6) is 0. The summed E-state index contributed by atoms with van der Waals surface area (Å²) in [5, 5.41) is 13.2. The molecule has 3 unspecified atom stereocenters. The topological polar surface area (TPSA) is 41.5 Å². The van der Waals surface area contributed by atoms with E-state index in [1.54, 1.807) is 7.11 Å². The van der Waals surface area contributed by atoms with Crippen LogP contribution in [0, 0.1) is 0 Å². The van der Waals surface area contributed by atoms with E-state index in [1.807, 2.05) is 13.8 Å². The second-order valence-electron chi connectivity index (χ2n) is 4.54. The van der Waals surface area contributed by atoms with Crippen LogP contribution >= 0.6 is 0 Å². The molecule has 84 valence electrons. The van der Waals surface area contributed by atoms with Gasteiger partial charge in [-0.3, -0.25) is 0 Å². The fourth-order valence-electron chi connectivity index (χ4n) is 1.92. The molecular formula is C11H23NO2. The minimum atomic E-state index is -0.582. The van der Waals surface area contributed by atoms with E-state index in [9.17, 15) is 5.11 Å². The summed E-state index contributed by atoms with van der Waals surface area (Å²) in [6, 6.07) is 0.429. The SMILES string of the molecule is CCC(C)(O)CNC1CCCC1OC. The fourth-order valence-corrected chi connectivity index (χ4v) is 1.92. The minimum Gasteiger partial charge on any atom is -0.389 e. The molecule has 0 aromatic heterocycles. The summed E-state index contributed by atoms with van der Waals surface area (Å²) in [7, 11) is 1.77. The average Bonchev–Trinajstić information content (AvgIpc) is 2.62. The normalized spacial score (nSPS) is 31.7. The molecule has 0 spiro atoms. The third kappa shape index (κ3) is 3.23. The number of hydrogen-bond acceptors (Lipinski definition) is 3. The highest BCUT2D eigenvalue weighted by Crippen LogP contribution is 2.22. The molecule has 0 amide bonds. The zero-order chi connectivity index (χ0) is 10.6. The lowest BCUT2D eigenvalue weighted by atomic mass is 10.0. The van der Waals surface area contributed by atoms with Crippen LogP contribution in [0.1, 0.15) is 39.5 Å². The van der Waals surface area contributed by atoms with Crippen LogP contribution in [0.5, 0.6) is 0 Å². The van der Waals surface area contributed by atoms with E-state index < -0.39 is 5.60 Å². The first-order valence-electron chi connectivity index (χ1n) is 5.57. The first-order chi connectivity index (χ1) is 6.59. The Kier molecular flexibility index (Phi) is 4.35. The van der Waals surface area contributed by atoms with Gasteiger partial charge in [-0.2, -0.15) is 0 Å². The number of methoxy groups -OCH3 is 1. The quantitative estimate of drug-likeness (QED) is 0.704. The minimum absolute atomic E-state index is 0.336. The van der Waals surface area contributed by atoms with Gasteiger partial charge in [0.05, 0.1) is 11.7 Å². The Morgan fingerprint density at radius 2 is 2.21 bits per heavy atom. The summed E-state index contributed by atoms with van der Waals surface area (Å²) in [6.45, 7) is 4.54. The van der Waals surface area contributed by atoms with Crippen molar-refractivity contribution in [3.05, 3.63) is 0 Å². The Morgan fingerprint density at radius 3 is 2.79 bits per heavy atom. The molecule has 0 saturated heterocycles. The second-order valence-corrected chi connectivity index (χ2v) is 4.54. The first kappa shape index (κ1) is 12.0. The maximum absolute atomic E-state index is 9.84. The van der Waals surface area contributed by atoms with E-state index >= 15 is 0 Å². The largest absolute Gasteiger partial charge is 0.389 e. The van der Waals surface area contributed by atoms with Gasteiger partial charge in [-0.1, -0.05) is 6.92 Å². The molecule has 3 heteroatoms. The van der Waals surface area contributed by atoms with Gasteiger partial charge in [-0.15, -0.1) is 0 Å². The van der Waals surface area contributed by atoms with Crippen molar-refractivity contribution < 1.29 is 9.84 Å². The van der Waals surface area contributed by atoms with Crippen LogP contribution in [0.4, 0.5) is 0 Å². The van der Waals surface area contributed by atoms with Crippen LogP contribution in [-0.2, 0) is 4.74 Å². The molecule has 1 aliphatic rings. The van der Waals surface area contributed by atoms with Crippen LogP contribution in [-0.4, -0.2) is 36.5 Å². The lowest BCUT2D eigenvalue weighted by molar-refractivity contribution is 0.0381. The van der Waals surface area contributed by atoms with Crippen molar-refractivity contribution in [1.29, 1.82) is 0 Å². The van der Waals surface area contributed by atoms with Crippen LogP contribution in [0.15, 0.2) is 0 Å². The number of hydrogen-bond donors (Lipinski definition) is 2. The molecule has 0 aliphatic heterocycles. The monoisotopic (exact) mass is 201 g/mol. The molecule has 14 heavy (non-hydrogen) atoms. The molecule has 3 atom stereocenters. The molecule has 1 saturated carbocycles. The van der Waals surface area contributed by atoms with Crippen LogP contribution in [0.25, 0.3) is 0 Å². The maximum Gasteiger partial charge on any atom is 0.0741 e. The Hall–Kier alpha value is -0.120. The van der Waals surface area contributed by atoms with Gasteiger partial charge in [0.15, 0.2) is 0 Å². The second kappa shape index (κ2) is 5.10. The molecule has 3 nitrogen and oxygen atoms in total. The maximum atomic E-state index is 9.84. The molecule has 0 aromatic carbocycles. The molecule has 0 bridgehead atoms. The summed E-state index contributed by atoms with van der Waals surface area (Å²) in [5.41, 5.74) is -0.582. The van der Waals surface area contributed by atoms with E-state index in [0.717, 1.165) is 19.3 Å². The molecule has 0 radical (unpaired) electrons. The van der Waals surface area contributed by atoms with Crippen molar-refractivity contribution in [1.82, 2.24) is 5.32 Å². The predicted molar refractivity (Wildman–Crippen MR) is 57.4 cm³/mol. The van der Waals surface area contributed by atoms with Crippen molar-refractivity contribution in [3.63, 3.8) is 0 Å². The number of aliphatic hydroxyl groups is 1. The zero-order valence-electron chi connectivity index (χ0n) is 9.55. The van der Waals surface area contributed by atoms with Gasteiger partial charge in [0, 0.05) is 19.7 Å². The van der Waals surface area contributed by atoms with Gasteiger partial charge in [0.25, 0.3) is 0 Å². The third-order valence-corrected chi connectivity index (χ3v) is 3.26. The van der Waals surface area contributed by atoms with Gasteiger partial charge in [0.2, 0.25) is 0 Å². The van der Waals surface area contributed by atoms with Crippen molar-refractivity contribution >= 4 is 0 Å². The standard InChI is InChI=1S/C11H23NO2/c1-4-11(2,13)8-12-9-6-5-7-10(9)14-3/h9-10,12-13H,4-8H2,1-3H3. The van der Waals surface area contributed by atoms with Gasteiger partial charge in [-0.25, -0.2) is 0 Å². The van der Waals surface area contributed by atoms with E-state index in [4.69, 9.17) is 4.74 Å². The van der Waals surface area contributed by atoms with Crippen molar-refractivity contribution in [2.24, 2.45) is 0 Å². The highest BCUT2D eigenvalue weighted by molar-refractivity contribution is 4.86. The van der Waals surface area contributed by atoms with Crippen LogP contribution in [0.3, 0.4) is 0 Å². The lowest BCUT2D eigenvalue weighted by Gasteiger charge is -2.26. The van der Waals surface area contributed by atoms with Crippen molar-refractivity contribution in [2.45, 2.75) is 57.3 Å². The first-order valence-corrected chi connectivity index (χ1v) is 5.57. The molecule has 0 aromatic rings. The molecule has 1 fully saturated rings. The van der Waals surface area contributed by atoms with E-state index in [2.05, 4.69) is 5.32 Å². The number of ether oxygens (including phenoxy) is 1. The van der Waals surface area contributed by atoms with E-state index in [-0.39, 0.29) is 0 Å². The molecular weight excluding hydrogens is 178 g/mol. The number of rotatable bonds is 5. The summed E-state index contributed by atoms with van der Waals surface area (Å²) in [4.78, 5) is 0. The predicted octanol–water partition coefficient (Wildman–Crippen LogP) is 1.30. The Balaban J connectivity index is 2.30. The summed E-state index contributed by atoms with van der Waals surface area (Å²) < 4.78 is 5.38. The van der Waals surface area contributed by atoms with Gasteiger partial charge >= 0.3 is 0 Å². The highest BCUT2D eigenvalue weighted by atomic mass is 16.5. The van der Waals surface area contributed by atoms with Crippen LogP contribution in [0.2, 0.25) is 0 Å². The molecule has 1 aliphatic carbocycles. The van der Waals surface area contributed by atoms with Gasteiger partial charge in [0.1, 0.15) is 0 Å². The van der Waals surface area contributed by atoms with Crippen LogP contribution < -0.4 is 5.32 Å². The Labute approximate surface area is 86.8 Å². The molecule has 2 N–H and O–H groups in total. The Bertz CT molecular complexity index is 171. The van der Waals surface area contributed by atoms with E-state index in [0.29, 0.717) is 18.7 Å². The smallest absolute Gasteiger partial charge is 0.0741 e. The van der Waals surface area contributed by atoms with Gasteiger partial charge < -0.3 is 15.2 Å².